The van der Waals surface area contributed by atoms with E-state index in [1.165, 1.54) is 32.7 Å². The highest BCUT2D eigenvalue weighted by Gasteiger charge is 2.21. The van der Waals surface area contributed by atoms with E-state index in [0.29, 0.717) is 0 Å². The van der Waals surface area contributed by atoms with E-state index in [4.69, 9.17) is 0 Å². The summed E-state index contributed by atoms with van der Waals surface area (Å²) in [5.41, 5.74) is 15.8. The summed E-state index contributed by atoms with van der Waals surface area (Å²) in [6.07, 6.45) is 0. The summed E-state index contributed by atoms with van der Waals surface area (Å²) in [6, 6.07) is 87.6. The molecule has 4 nitrogen and oxygen atoms in total. The van der Waals surface area contributed by atoms with Crippen LogP contribution < -0.4 is 14.7 Å². The average Bonchev–Trinajstić information content (AvgIpc) is 3.66. The van der Waals surface area contributed by atoms with E-state index in [1.807, 2.05) is 0 Å². The van der Waals surface area contributed by atoms with Crippen molar-refractivity contribution >= 4 is 83.8 Å². The quantitative estimate of drug-likeness (QED) is 0.137. The zero-order chi connectivity index (χ0) is 43.0. The molecule has 0 fully saturated rings. The largest absolute Gasteiger partial charge is 0.310 e. The van der Waals surface area contributed by atoms with Crippen LogP contribution in [-0.4, -0.2) is 4.57 Å². The van der Waals surface area contributed by atoms with Crippen LogP contribution in [0.5, 0.6) is 0 Å². The van der Waals surface area contributed by atoms with Gasteiger partial charge in [-0.15, -0.1) is 0 Å². The molecule has 11 rings (SSSR count). The standard InChI is InChI=1S/C60H46N4/c1-43-17-14-27-51(39-43)61(46-21-6-3-7-22-46)53-35-37-59-56(41-53)57-42-54(62(47-23-8-4-9-24-47)52-28-15-18-44(2)40-52)36-38-60(57)64(59)50-33-31-49(32-34-50)63(48-25-10-5-11-26-48)58-30-16-20-45-19-12-13-29-55(45)58/h3-42H,1-2H3. The highest BCUT2D eigenvalue weighted by atomic mass is 15.2. The van der Waals surface area contributed by atoms with Crippen LogP contribution in [0.3, 0.4) is 0 Å². The van der Waals surface area contributed by atoms with Crippen LogP contribution in [0.1, 0.15) is 11.1 Å². The van der Waals surface area contributed by atoms with Crippen molar-refractivity contribution < 1.29 is 0 Å². The maximum atomic E-state index is 2.42. The molecule has 0 aliphatic carbocycles. The van der Waals surface area contributed by atoms with Crippen LogP contribution in [0.15, 0.2) is 243 Å². The van der Waals surface area contributed by atoms with Gasteiger partial charge in [0.25, 0.3) is 0 Å². The second-order valence-electron chi connectivity index (χ2n) is 16.4. The van der Waals surface area contributed by atoms with E-state index in [9.17, 15) is 0 Å². The van der Waals surface area contributed by atoms with E-state index >= 15 is 0 Å². The van der Waals surface area contributed by atoms with Crippen molar-refractivity contribution in [3.8, 4) is 5.69 Å². The Morgan fingerprint density at radius 2 is 0.672 bits per heavy atom. The third-order valence-corrected chi connectivity index (χ3v) is 12.2. The Hall–Kier alpha value is -8.34. The van der Waals surface area contributed by atoms with Gasteiger partial charge in [-0.2, -0.15) is 0 Å². The monoisotopic (exact) mass is 822 g/mol. The minimum Gasteiger partial charge on any atom is -0.310 e. The molecule has 0 radical (unpaired) electrons. The average molecular weight is 823 g/mol. The minimum absolute atomic E-state index is 1.09. The van der Waals surface area contributed by atoms with Crippen LogP contribution in [-0.2, 0) is 0 Å². The maximum Gasteiger partial charge on any atom is 0.0542 e. The van der Waals surface area contributed by atoms with Crippen molar-refractivity contribution in [2.45, 2.75) is 13.8 Å². The Bertz CT molecular complexity index is 3260. The number of aromatic nitrogens is 1. The lowest BCUT2D eigenvalue weighted by Gasteiger charge is -2.27. The van der Waals surface area contributed by atoms with Gasteiger partial charge in [-0.1, -0.05) is 115 Å². The predicted octanol–water partition coefficient (Wildman–Crippen LogP) is 17.0. The number of aryl methyl sites for hydroxylation is 2. The summed E-state index contributed by atoms with van der Waals surface area (Å²) >= 11 is 0. The number of hydrogen-bond acceptors (Lipinski definition) is 3. The van der Waals surface area contributed by atoms with Crippen molar-refractivity contribution in [1.82, 2.24) is 4.57 Å². The smallest absolute Gasteiger partial charge is 0.0542 e. The highest BCUT2D eigenvalue weighted by Crippen LogP contribution is 2.44. The summed E-state index contributed by atoms with van der Waals surface area (Å²) in [5, 5.41) is 4.76. The Balaban J connectivity index is 1.12. The summed E-state index contributed by atoms with van der Waals surface area (Å²) in [6.45, 7) is 4.31. The number of anilines is 9. The Morgan fingerprint density at radius 3 is 1.19 bits per heavy atom. The fourth-order valence-electron chi connectivity index (χ4n) is 9.30. The second-order valence-corrected chi connectivity index (χ2v) is 16.4. The molecule has 4 heteroatoms. The van der Waals surface area contributed by atoms with Gasteiger partial charge in [0.05, 0.1) is 16.7 Å². The van der Waals surface area contributed by atoms with E-state index in [1.54, 1.807) is 0 Å². The van der Waals surface area contributed by atoms with Crippen LogP contribution in [0, 0.1) is 13.8 Å². The van der Waals surface area contributed by atoms with Crippen molar-refractivity contribution in [2.75, 3.05) is 14.7 Å². The van der Waals surface area contributed by atoms with Gasteiger partial charge >= 0.3 is 0 Å². The topological polar surface area (TPSA) is 14.7 Å². The molecule has 0 atom stereocenters. The molecule has 0 saturated heterocycles. The van der Waals surface area contributed by atoms with Crippen molar-refractivity contribution in [1.29, 1.82) is 0 Å². The molecule has 306 valence electrons. The van der Waals surface area contributed by atoms with Crippen LogP contribution in [0.25, 0.3) is 38.3 Å². The van der Waals surface area contributed by atoms with Gasteiger partial charge < -0.3 is 19.3 Å². The zero-order valence-corrected chi connectivity index (χ0v) is 35.9. The molecule has 0 N–H and O–H groups in total. The van der Waals surface area contributed by atoms with Gasteiger partial charge in [0.15, 0.2) is 0 Å². The number of nitrogens with zero attached hydrogens (tertiary/aromatic N) is 4. The molecule has 1 aromatic heterocycles. The lowest BCUT2D eigenvalue weighted by atomic mass is 10.1. The molecular formula is C60H46N4. The fourth-order valence-corrected chi connectivity index (χ4v) is 9.30. The third-order valence-electron chi connectivity index (χ3n) is 12.2. The zero-order valence-electron chi connectivity index (χ0n) is 35.9. The van der Waals surface area contributed by atoms with Crippen molar-refractivity contribution in [2.24, 2.45) is 0 Å². The molecule has 0 aliphatic heterocycles. The van der Waals surface area contributed by atoms with E-state index in [2.05, 4.69) is 276 Å². The first kappa shape index (κ1) is 38.6. The fraction of sp³-hybridized carbons (Fsp3) is 0.0333. The Morgan fingerprint density at radius 1 is 0.281 bits per heavy atom. The first-order valence-electron chi connectivity index (χ1n) is 21.9. The Kier molecular flexibility index (Phi) is 9.95. The van der Waals surface area contributed by atoms with Gasteiger partial charge in [0.1, 0.15) is 0 Å². The minimum atomic E-state index is 1.09. The van der Waals surface area contributed by atoms with E-state index in [-0.39, 0.29) is 0 Å². The van der Waals surface area contributed by atoms with Crippen LogP contribution >= 0.6 is 0 Å². The third kappa shape index (κ3) is 7.11. The first-order valence-corrected chi connectivity index (χ1v) is 21.9. The lowest BCUT2D eigenvalue weighted by molar-refractivity contribution is 1.17. The molecular weight excluding hydrogens is 777 g/mol. The normalized spacial score (nSPS) is 11.3. The van der Waals surface area contributed by atoms with Crippen molar-refractivity contribution in [3.63, 3.8) is 0 Å². The molecule has 10 aromatic carbocycles. The molecule has 64 heavy (non-hydrogen) atoms. The highest BCUT2D eigenvalue weighted by molar-refractivity contribution is 6.12. The molecule has 0 unspecified atom stereocenters. The van der Waals surface area contributed by atoms with E-state index in [0.717, 1.165) is 67.9 Å². The summed E-state index contributed by atoms with van der Waals surface area (Å²) in [4.78, 5) is 7.09. The molecule has 11 aromatic rings. The molecule has 0 saturated carbocycles. The molecule has 1 heterocycles. The Labute approximate surface area is 374 Å². The number of benzene rings is 10. The van der Waals surface area contributed by atoms with Crippen molar-refractivity contribution in [3.05, 3.63) is 254 Å². The lowest BCUT2D eigenvalue weighted by Crippen LogP contribution is -2.10. The number of para-hydroxylation sites is 3. The summed E-state index contributed by atoms with van der Waals surface area (Å²) in [7, 11) is 0. The maximum absolute atomic E-state index is 2.42. The van der Waals surface area contributed by atoms with Gasteiger partial charge in [-0.3, -0.25) is 0 Å². The van der Waals surface area contributed by atoms with E-state index < -0.39 is 0 Å². The van der Waals surface area contributed by atoms with Crippen LogP contribution in [0.4, 0.5) is 51.2 Å². The molecule has 0 aliphatic rings. The first-order chi connectivity index (χ1) is 31.6. The summed E-state index contributed by atoms with van der Waals surface area (Å²) in [5.74, 6) is 0. The molecule has 0 bridgehead atoms. The van der Waals surface area contributed by atoms with Gasteiger partial charge in [-0.25, -0.2) is 0 Å². The molecule has 0 amide bonds. The SMILES string of the molecule is Cc1cccc(N(c2ccccc2)c2ccc3c(c2)c2cc(N(c4ccccc4)c4cccc(C)c4)ccc2n3-c2ccc(N(c3ccccc3)c3cccc4ccccc34)cc2)c1. The van der Waals surface area contributed by atoms with Crippen LogP contribution in [0.2, 0.25) is 0 Å². The van der Waals surface area contributed by atoms with Gasteiger partial charge in [0, 0.05) is 67.3 Å². The number of rotatable bonds is 10. The molecule has 0 spiro atoms. The predicted molar refractivity (Wildman–Crippen MR) is 272 cm³/mol. The van der Waals surface area contributed by atoms with Gasteiger partial charge in [0.2, 0.25) is 0 Å². The number of hydrogen-bond donors (Lipinski definition) is 0. The van der Waals surface area contributed by atoms with Gasteiger partial charge in [-0.05, 0) is 158 Å². The number of fused-ring (bicyclic) bond motifs is 4. The second kappa shape index (κ2) is 16.5. The summed E-state index contributed by atoms with van der Waals surface area (Å²) < 4.78 is 2.42.